The van der Waals surface area contributed by atoms with Crippen molar-refractivity contribution >= 4 is 11.8 Å². The van der Waals surface area contributed by atoms with E-state index in [0.29, 0.717) is 22.6 Å². The molecule has 0 aliphatic rings. The van der Waals surface area contributed by atoms with E-state index in [1.54, 1.807) is 48.5 Å². The van der Waals surface area contributed by atoms with E-state index in [1.165, 1.54) is 14.2 Å². The molecule has 2 rings (SSSR count). The van der Waals surface area contributed by atoms with Crippen LogP contribution in [0.25, 0.3) is 0 Å². The summed E-state index contributed by atoms with van der Waals surface area (Å²) in [7, 11) is 3.00. The molecule has 25 heavy (non-hydrogen) atoms. The molecule has 1 unspecified atom stereocenters. The maximum Gasteiger partial charge on any atom is 0.257 e. The van der Waals surface area contributed by atoms with Crippen LogP contribution < -0.4 is 14.8 Å². The lowest BCUT2D eigenvalue weighted by atomic mass is 9.95. The zero-order valence-electron chi connectivity index (χ0n) is 14.0. The fourth-order valence-electron chi connectivity index (χ4n) is 2.36. The van der Waals surface area contributed by atoms with E-state index in [2.05, 4.69) is 11.4 Å². The van der Waals surface area contributed by atoms with Crippen molar-refractivity contribution in [3.05, 3.63) is 59.7 Å². The Kier molecular flexibility index (Phi) is 6.13. The molecule has 1 atom stereocenters. The lowest BCUT2D eigenvalue weighted by Gasteiger charge is -2.14. The van der Waals surface area contributed by atoms with Crippen LogP contribution in [0, 0.1) is 11.3 Å². The van der Waals surface area contributed by atoms with Gasteiger partial charge in [0.15, 0.2) is 0 Å². The number of carbonyl (C=O) groups is 2. The number of hydrogen-bond donors (Lipinski definition) is 1. The number of imide groups is 1. The summed E-state index contributed by atoms with van der Waals surface area (Å²) in [5.74, 6) is -0.735. The van der Waals surface area contributed by atoms with Gasteiger partial charge in [-0.15, -0.1) is 0 Å². The van der Waals surface area contributed by atoms with E-state index in [4.69, 9.17) is 9.47 Å². The molecule has 6 heteroatoms. The monoisotopic (exact) mass is 338 g/mol. The summed E-state index contributed by atoms with van der Waals surface area (Å²) in [5.41, 5.74) is 0.944. The minimum Gasteiger partial charge on any atom is -0.497 e. The zero-order valence-corrected chi connectivity index (χ0v) is 14.0. The lowest BCUT2D eigenvalue weighted by Crippen LogP contribution is -2.31. The molecular weight excluding hydrogens is 320 g/mol. The van der Waals surface area contributed by atoms with Crippen molar-refractivity contribution in [2.24, 2.45) is 0 Å². The second kappa shape index (κ2) is 8.50. The summed E-state index contributed by atoms with van der Waals surface area (Å²) in [6, 6.07) is 15.5. The largest absolute Gasteiger partial charge is 0.497 e. The van der Waals surface area contributed by atoms with Gasteiger partial charge in [0, 0.05) is 23.6 Å². The van der Waals surface area contributed by atoms with Crippen molar-refractivity contribution in [2.75, 3.05) is 14.2 Å². The number of methoxy groups -OCH3 is 2. The van der Waals surface area contributed by atoms with E-state index in [9.17, 15) is 14.9 Å². The van der Waals surface area contributed by atoms with Gasteiger partial charge in [-0.25, -0.2) is 0 Å². The fraction of sp³-hybridized carbons (Fsp3) is 0.211. The highest BCUT2D eigenvalue weighted by Gasteiger charge is 2.21. The number of ether oxygens (including phenoxy) is 2. The first kappa shape index (κ1) is 18.0. The van der Waals surface area contributed by atoms with Gasteiger partial charge in [-0.2, -0.15) is 5.26 Å². The molecule has 0 fully saturated rings. The molecule has 0 spiro atoms. The van der Waals surface area contributed by atoms with Crippen LogP contribution in [-0.4, -0.2) is 26.0 Å². The van der Waals surface area contributed by atoms with Crippen molar-refractivity contribution in [3.8, 4) is 17.6 Å². The van der Waals surface area contributed by atoms with Crippen LogP contribution >= 0.6 is 0 Å². The maximum absolute atomic E-state index is 12.1. The second-order valence-corrected chi connectivity index (χ2v) is 5.24. The third kappa shape index (κ3) is 4.58. The smallest absolute Gasteiger partial charge is 0.257 e. The third-order valence-electron chi connectivity index (χ3n) is 3.65. The van der Waals surface area contributed by atoms with Gasteiger partial charge in [-0.1, -0.05) is 24.3 Å². The molecule has 0 heterocycles. The van der Waals surface area contributed by atoms with Crippen LogP contribution in [0.4, 0.5) is 0 Å². The molecule has 128 valence electrons. The zero-order chi connectivity index (χ0) is 18.2. The minimum absolute atomic E-state index is 0.155. The van der Waals surface area contributed by atoms with Gasteiger partial charge >= 0.3 is 0 Å². The minimum atomic E-state index is -0.746. The molecule has 0 aromatic heterocycles. The number of amides is 2. The molecular formula is C19H18N2O4. The first-order valence-electron chi connectivity index (χ1n) is 7.59. The van der Waals surface area contributed by atoms with E-state index >= 15 is 0 Å². The summed E-state index contributed by atoms with van der Waals surface area (Å²) >= 11 is 0. The first-order valence-corrected chi connectivity index (χ1v) is 7.59. The van der Waals surface area contributed by atoms with Crippen LogP contribution in [0.2, 0.25) is 0 Å². The summed E-state index contributed by atoms with van der Waals surface area (Å²) in [4.78, 5) is 24.2. The average molecular weight is 338 g/mol. The first-order chi connectivity index (χ1) is 12.1. The third-order valence-corrected chi connectivity index (χ3v) is 3.65. The quantitative estimate of drug-likeness (QED) is 0.875. The Bertz CT molecular complexity index is 797. The molecule has 6 nitrogen and oxygen atoms in total. The van der Waals surface area contributed by atoms with E-state index < -0.39 is 17.7 Å². The van der Waals surface area contributed by atoms with Crippen LogP contribution in [0.1, 0.15) is 28.3 Å². The predicted octanol–water partition coefficient (Wildman–Crippen LogP) is 2.66. The normalized spacial score (nSPS) is 11.1. The van der Waals surface area contributed by atoms with E-state index in [1.807, 2.05) is 0 Å². The van der Waals surface area contributed by atoms with Gasteiger partial charge in [0.25, 0.3) is 5.91 Å². The summed E-state index contributed by atoms with van der Waals surface area (Å²) in [6.07, 6.45) is -0.155. The molecule has 2 aromatic rings. The van der Waals surface area contributed by atoms with Gasteiger partial charge < -0.3 is 9.47 Å². The summed E-state index contributed by atoms with van der Waals surface area (Å²) < 4.78 is 10.4. The molecule has 0 aliphatic carbocycles. The Morgan fingerprint density at radius 3 is 2.44 bits per heavy atom. The molecule has 0 saturated heterocycles. The number of hydrogen-bond acceptors (Lipinski definition) is 5. The molecule has 1 N–H and O–H groups in total. The fourth-order valence-corrected chi connectivity index (χ4v) is 2.36. The molecule has 0 aliphatic heterocycles. The van der Waals surface area contributed by atoms with Gasteiger partial charge in [0.05, 0.1) is 26.2 Å². The lowest BCUT2D eigenvalue weighted by molar-refractivity contribution is -0.120. The maximum atomic E-state index is 12.1. The number of carbonyl (C=O) groups excluding carboxylic acids is 2. The van der Waals surface area contributed by atoms with Crippen LogP contribution in [0.15, 0.2) is 48.5 Å². The van der Waals surface area contributed by atoms with Gasteiger partial charge in [0.1, 0.15) is 11.5 Å². The standard InChI is InChI=1S/C19H18N2O4/c1-24-15-8-9-16(17(11-15)25-2)14(12-20)10-18(22)21-19(23)13-6-4-3-5-7-13/h3-9,11,14H,10H2,1-2H3,(H,21,22,23). The van der Waals surface area contributed by atoms with Crippen molar-refractivity contribution < 1.29 is 19.1 Å². The Morgan fingerprint density at radius 1 is 1.12 bits per heavy atom. The summed E-state index contributed by atoms with van der Waals surface area (Å²) in [6.45, 7) is 0. The van der Waals surface area contributed by atoms with Crippen LogP contribution in [0.3, 0.4) is 0 Å². The number of rotatable bonds is 6. The topological polar surface area (TPSA) is 88.4 Å². The number of nitriles is 1. The highest BCUT2D eigenvalue weighted by molar-refractivity contribution is 6.04. The molecule has 2 aromatic carbocycles. The van der Waals surface area contributed by atoms with Gasteiger partial charge in [-0.05, 0) is 18.2 Å². The Balaban J connectivity index is 2.10. The SMILES string of the molecule is COc1ccc(C(C#N)CC(=O)NC(=O)c2ccccc2)c(OC)c1. The van der Waals surface area contributed by atoms with Gasteiger partial charge in [0.2, 0.25) is 5.91 Å². The summed E-state index contributed by atoms with van der Waals surface area (Å²) in [5, 5.41) is 11.7. The highest BCUT2D eigenvalue weighted by Crippen LogP contribution is 2.32. The Labute approximate surface area is 146 Å². The van der Waals surface area contributed by atoms with Crippen LogP contribution in [-0.2, 0) is 4.79 Å². The average Bonchev–Trinajstić information content (AvgIpc) is 2.66. The van der Waals surface area contributed by atoms with Gasteiger partial charge in [-0.3, -0.25) is 14.9 Å². The molecule has 0 bridgehead atoms. The van der Waals surface area contributed by atoms with Crippen LogP contribution in [0.5, 0.6) is 11.5 Å². The number of nitrogens with one attached hydrogen (secondary N) is 1. The molecule has 0 saturated carbocycles. The number of benzene rings is 2. The predicted molar refractivity (Wildman–Crippen MR) is 91.4 cm³/mol. The van der Waals surface area contributed by atoms with Crippen molar-refractivity contribution in [1.29, 1.82) is 5.26 Å². The van der Waals surface area contributed by atoms with E-state index in [0.717, 1.165) is 0 Å². The Hall–Kier alpha value is -3.33. The van der Waals surface area contributed by atoms with Crippen molar-refractivity contribution in [3.63, 3.8) is 0 Å². The van der Waals surface area contributed by atoms with E-state index in [-0.39, 0.29) is 6.42 Å². The Morgan fingerprint density at radius 2 is 1.84 bits per heavy atom. The van der Waals surface area contributed by atoms with Crippen molar-refractivity contribution in [1.82, 2.24) is 5.32 Å². The second-order valence-electron chi connectivity index (χ2n) is 5.24. The highest BCUT2D eigenvalue weighted by atomic mass is 16.5. The number of nitrogens with zero attached hydrogens (tertiary/aromatic N) is 1. The van der Waals surface area contributed by atoms with Crippen molar-refractivity contribution in [2.45, 2.75) is 12.3 Å². The molecule has 0 radical (unpaired) electrons. The molecule has 2 amide bonds.